The number of aromatic hydroxyl groups is 11. The Morgan fingerprint density at radius 1 is 0.623 bits per heavy atom. The van der Waals surface area contributed by atoms with Crippen molar-refractivity contribution in [3.05, 3.63) is 58.1 Å². The van der Waals surface area contributed by atoms with E-state index in [1.54, 1.807) is 0 Å². The second kappa shape index (κ2) is 15.5. The number of hydrogen-bond acceptors (Lipinski definition) is 31. The van der Waals surface area contributed by atoms with Gasteiger partial charge in [0.15, 0.2) is 64.0 Å². The molecule has 406 valence electrons. The van der Waals surface area contributed by atoms with E-state index in [0.29, 0.717) is 30.3 Å². The third-order valence-electron chi connectivity index (χ3n) is 15.0. The van der Waals surface area contributed by atoms with Gasteiger partial charge in [-0.3, -0.25) is 4.79 Å². The van der Waals surface area contributed by atoms with Crippen molar-refractivity contribution in [3.63, 3.8) is 0 Å². The molecule has 4 saturated heterocycles. The summed E-state index contributed by atoms with van der Waals surface area (Å²) < 4.78 is 58.2. The summed E-state index contributed by atoms with van der Waals surface area (Å²) in [5.41, 5.74) is -10.4. The molecule has 0 unspecified atom stereocenters. The first kappa shape index (κ1) is 49.4. The minimum Gasteiger partial charge on any atom is -0.504 e. The Labute approximate surface area is 423 Å². The van der Waals surface area contributed by atoms with Crippen LogP contribution in [-0.4, -0.2) is 197 Å². The number of ether oxygens (including phenoxy) is 10. The molecule has 4 aromatic rings. The Bertz CT molecular complexity index is 3370. The number of aliphatic hydroxyl groups excluding tert-OH is 2. The molecule has 7 aliphatic heterocycles. The number of cyclic esters (lactones) is 1. The quantitative estimate of drug-likeness (QED) is 0.0554. The summed E-state index contributed by atoms with van der Waals surface area (Å²) in [6.45, 7) is -2.24. The van der Waals surface area contributed by atoms with Crippen LogP contribution in [0, 0.1) is 5.41 Å². The van der Waals surface area contributed by atoms with Gasteiger partial charge in [0.05, 0.1) is 34.8 Å². The number of hydrogen-bond donors (Lipinski definition) is 16. The lowest BCUT2D eigenvalue weighted by Crippen LogP contribution is -2.83. The van der Waals surface area contributed by atoms with Gasteiger partial charge in [-0.2, -0.15) is 0 Å². The average Bonchev–Trinajstić information content (AvgIpc) is 2.35. The largest absolute Gasteiger partial charge is 0.504 e. The molecule has 0 radical (unpaired) electrons. The molecule has 0 aromatic heterocycles. The average molecular weight is 1080 g/mol. The highest BCUT2D eigenvalue weighted by Crippen LogP contribution is 2.77. The second-order valence-electron chi connectivity index (χ2n) is 19.1. The SMILES string of the molecule is O=C(O[C@@H]1O[C@@H]2COC(=O)c3cc(O)c(O)c(O)c3-c3c(cc(O)c(O)c3O)C(=O)O[C@@H]3[C@H]1OC(=O)c1cc(O)c(O)c4c1[C@@H]1[C@@]5(C[C@@]6(O)O[C@]7(OC[C@@H](O)[C@@H]7O)[C@@H]5O[C@]1(O)[C@@]6(O)O4)C(=O)O[C@@H]32)c1cc(O)c(O)c(O)c1. The van der Waals surface area contributed by atoms with Crippen LogP contribution in [0.4, 0.5) is 0 Å². The van der Waals surface area contributed by atoms with E-state index in [9.17, 15) is 96.1 Å². The lowest BCUT2D eigenvalue weighted by atomic mass is 9.53. The van der Waals surface area contributed by atoms with Crippen molar-refractivity contribution in [1.82, 2.24) is 0 Å². The molecular formula is C46H36O31. The summed E-state index contributed by atoms with van der Waals surface area (Å²) in [5.74, 6) is -41.2. The van der Waals surface area contributed by atoms with E-state index < -0.39 is 241 Å². The van der Waals surface area contributed by atoms with Crippen LogP contribution in [0.5, 0.6) is 69.0 Å². The molecule has 1 saturated carbocycles. The van der Waals surface area contributed by atoms with Crippen molar-refractivity contribution in [3.8, 4) is 80.1 Å². The van der Waals surface area contributed by atoms with E-state index in [-0.39, 0.29) is 0 Å². The van der Waals surface area contributed by atoms with Gasteiger partial charge >= 0.3 is 35.6 Å². The number of phenols is 11. The smallest absolute Gasteiger partial charge is 0.340 e. The summed E-state index contributed by atoms with van der Waals surface area (Å²) in [4.78, 5) is 74.4. The molecule has 2 spiro atoms. The Hall–Kier alpha value is -8.53. The normalized spacial score (nSPS) is 36.1. The van der Waals surface area contributed by atoms with Crippen LogP contribution in [-0.2, 0) is 47.4 Å². The van der Waals surface area contributed by atoms with Crippen molar-refractivity contribution < 1.29 is 153 Å². The van der Waals surface area contributed by atoms with E-state index in [2.05, 4.69) is 0 Å². The first-order valence-corrected chi connectivity index (χ1v) is 22.4. The molecule has 1 aliphatic carbocycles. The van der Waals surface area contributed by atoms with Crippen LogP contribution in [0.1, 0.15) is 59.3 Å². The predicted molar refractivity (Wildman–Crippen MR) is 228 cm³/mol. The number of phenolic OH excluding ortho intramolecular Hbond substituents is 11. The summed E-state index contributed by atoms with van der Waals surface area (Å²) in [6.07, 6.45) is -21.0. The summed E-state index contributed by atoms with van der Waals surface area (Å²) in [6, 6.07) is 2.36. The van der Waals surface area contributed by atoms with Crippen molar-refractivity contribution >= 4 is 29.8 Å². The summed E-state index contributed by atoms with van der Waals surface area (Å²) in [5, 5.41) is 179. The van der Waals surface area contributed by atoms with Crippen molar-refractivity contribution in [2.45, 2.75) is 84.5 Å². The first-order chi connectivity index (χ1) is 36.1. The van der Waals surface area contributed by atoms with E-state index in [4.69, 9.17) is 47.4 Å². The fourth-order valence-corrected chi connectivity index (χ4v) is 11.6. The van der Waals surface area contributed by atoms with Gasteiger partial charge in [0, 0.05) is 23.1 Å². The molecule has 5 fully saturated rings. The maximum Gasteiger partial charge on any atom is 0.340 e. The van der Waals surface area contributed by atoms with Crippen LogP contribution in [0.15, 0.2) is 30.3 Å². The number of benzene rings is 4. The molecule has 16 N–H and O–H groups in total. The Morgan fingerprint density at radius 3 is 1.79 bits per heavy atom. The Kier molecular flexibility index (Phi) is 9.96. The number of esters is 5. The number of rotatable bonds is 2. The first-order valence-electron chi connectivity index (χ1n) is 22.4. The zero-order chi connectivity index (χ0) is 55.3. The third-order valence-corrected chi connectivity index (χ3v) is 15.0. The van der Waals surface area contributed by atoms with Gasteiger partial charge in [0.2, 0.25) is 47.0 Å². The zero-order valence-electron chi connectivity index (χ0n) is 38.0. The van der Waals surface area contributed by atoms with Gasteiger partial charge in [0.25, 0.3) is 0 Å². The van der Waals surface area contributed by atoms with Crippen molar-refractivity contribution in [1.29, 1.82) is 0 Å². The molecule has 4 aromatic carbocycles. The van der Waals surface area contributed by atoms with Gasteiger partial charge in [-0.15, -0.1) is 0 Å². The topological polar surface area (TPSA) is 501 Å². The molecular weight excluding hydrogens is 1050 g/mol. The van der Waals surface area contributed by atoms with Gasteiger partial charge in [-0.1, -0.05) is 0 Å². The molecule has 12 rings (SSSR count). The van der Waals surface area contributed by atoms with Gasteiger partial charge in [0.1, 0.15) is 36.4 Å². The minimum absolute atomic E-state index is 0.357. The monoisotopic (exact) mass is 1080 g/mol. The maximum absolute atomic E-state index is 15.9. The summed E-state index contributed by atoms with van der Waals surface area (Å²) >= 11 is 0. The van der Waals surface area contributed by atoms with Gasteiger partial charge in [-0.05, 0) is 30.3 Å². The van der Waals surface area contributed by atoms with E-state index in [1.807, 2.05) is 0 Å². The fraction of sp³-hybridized carbons (Fsp3) is 0.370. The molecule has 14 atom stereocenters. The maximum atomic E-state index is 15.9. The zero-order valence-corrected chi connectivity index (χ0v) is 38.0. The molecule has 7 heterocycles. The number of carbonyl (C=O) groups is 5. The van der Waals surface area contributed by atoms with Crippen LogP contribution >= 0.6 is 0 Å². The molecule has 8 aliphatic rings. The lowest BCUT2D eigenvalue weighted by molar-refractivity contribution is -0.490. The minimum atomic E-state index is -3.81. The third kappa shape index (κ3) is 6.06. The highest BCUT2D eigenvalue weighted by atomic mass is 16.9. The van der Waals surface area contributed by atoms with Gasteiger partial charge in [-0.25, -0.2) is 19.2 Å². The van der Waals surface area contributed by atoms with Crippen LogP contribution in [0.2, 0.25) is 0 Å². The van der Waals surface area contributed by atoms with Crippen LogP contribution in [0.3, 0.4) is 0 Å². The molecule has 31 nitrogen and oxygen atoms in total. The molecule has 0 amide bonds. The second-order valence-corrected chi connectivity index (χ2v) is 19.1. The van der Waals surface area contributed by atoms with Crippen LogP contribution in [0.25, 0.3) is 11.1 Å². The van der Waals surface area contributed by atoms with Crippen LogP contribution < -0.4 is 4.74 Å². The van der Waals surface area contributed by atoms with E-state index in [1.165, 1.54) is 0 Å². The predicted octanol–water partition coefficient (Wildman–Crippen LogP) is -2.65. The summed E-state index contributed by atoms with van der Waals surface area (Å²) in [7, 11) is 0. The van der Waals surface area contributed by atoms with E-state index >= 15 is 9.59 Å². The number of carbonyl (C=O) groups excluding carboxylic acids is 5. The fourth-order valence-electron chi connectivity index (χ4n) is 11.6. The Balaban J connectivity index is 1.11. The van der Waals surface area contributed by atoms with E-state index in [0.717, 1.165) is 0 Å². The standard InChI is InChI=1S/C46H36O31/c47-13-1-9(2-14(48)23(13)53)35(60)74-39-32-31-29(19(70-39)7-68-36(61)10-3-15(49)24(54)27(57)20(10)21-11(37(62)71-31)4-16(50)25(55)28(21)58)73-41(64)42-8-43(65)46(67)45(66,76-40(42)44(77-43)34(59)18(52)6-69-44)33(42)22-12(38(63)72-32)5-17(51)26(56)30(22)75-46/h1-5,18-19,29,31-34,39-40,47-59,65-67H,6-8H2/t18-,19-,29-,31+,32-,33-,34+,39+,40-,42-,43-,44+,45+,46+/m1/s1. The van der Waals surface area contributed by atoms with Gasteiger partial charge < -0.3 is 129 Å². The molecule has 9 bridgehead atoms. The van der Waals surface area contributed by atoms with Crippen molar-refractivity contribution in [2.24, 2.45) is 5.41 Å². The number of fused-ring (bicyclic) bond motifs is 6. The Morgan fingerprint density at radius 2 is 1.18 bits per heavy atom. The number of aliphatic hydroxyl groups is 5. The molecule has 77 heavy (non-hydrogen) atoms. The lowest BCUT2D eigenvalue weighted by Gasteiger charge is -2.62. The van der Waals surface area contributed by atoms with Crippen molar-refractivity contribution in [2.75, 3.05) is 13.2 Å². The highest BCUT2D eigenvalue weighted by molar-refractivity contribution is 6.08. The molecule has 31 heteroatoms. The highest BCUT2D eigenvalue weighted by Gasteiger charge is 2.95.